The van der Waals surface area contributed by atoms with E-state index in [4.69, 9.17) is 22.1 Å². The number of carbonyl (C=O) groups excluding carboxylic acids is 2. The van der Waals surface area contributed by atoms with Crippen molar-refractivity contribution in [2.45, 2.75) is 6.61 Å². The average Bonchev–Trinajstić information content (AvgIpc) is 2.64. The number of amides is 2. The Kier molecular flexibility index (Phi) is 5.86. The summed E-state index contributed by atoms with van der Waals surface area (Å²) in [6.07, 6.45) is 1.42. The SMILES string of the molecule is O=C1NC(=S)NC(=O)C1=Cc1cc(Br)ccc1OCc1ccc(C(=O)O)cc1. The Morgan fingerprint density at radius 1 is 1.11 bits per heavy atom. The van der Waals surface area contributed by atoms with Crippen molar-refractivity contribution in [1.82, 2.24) is 10.6 Å². The van der Waals surface area contributed by atoms with Crippen LogP contribution in [-0.2, 0) is 16.2 Å². The Morgan fingerprint density at radius 3 is 2.36 bits per heavy atom. The molecule has 0 spiro atoms. The average molecular weight is 461 g/mol. The van der Waals surface area contributed by atoms with Gasteiger partial charge in [0, 0.05) is 10.0 Å². The zero-order valence-corrected chi connectivity index (χ0v) is 16.6. The number of hydrogen-bond donors (Lipinski definition) is 3. The van der Waals surface area contributed by atoms with Gasteiger partial charge < -0.3 is 9.84 Å². The van der Waals surface area contributed by atoms with Crippen molar-refractivity contribution in [2.24, 2.45) is 0 Å². The molecule has 2 amide bonds. The number of thiocarbonyl (C=S) groups is 1. The monoisotopic (exact) mass is 460 g/mol. The first-order valence-electron chi connectivity index (χ1n) is 7.96. The van der Waals surface area contributed by atoms with Gasteiger partial charge in [0.05, 0.1) is 5.56 Å². The number of hydrogen-bond acceptors (Lipinski definition) is 5. The Balaban J connectivity index is 1.84. The van der Waals surface area contributed by atoms with Crippen LogP contribution >= 0.6 is 28.1 Å². The molecule has 0 saturated carbocycles. The molecule has 1 heterocycles. The van der Waals surface area contributed by atoms with Gasteiger partial charge in [0.15, 0.2) is 5.11 Å². The maximum atomic E-state index is 12.1. The highest BCUT2D eigenvalue weighted by molar-refractivity contribution is 9.10. The molecule has 1 aliphatic rings. The van der Waals surface area contributed by atoms with Crippen LogP contribution in [0.25, 0.3) is 6.08 Å². The molecule has 28 heavy (non-hydrogen) atoms. The van der Waals surface area contributed by atoms with Crippen molar-refractivity contribution in [1.29, 1.82) is 0 Å². The van der Waals surface area contributed by atoms with Gasteiger partial charge in [0.1, 0.15) is 17.9 Å². The largest absolute Gasteiger partial charge is 0.488 e. The molecule has 1 aliphatic heterocycles. The van der Waals surface area contributed by atoms with Crippen molar-refractivity contribution in [3.63, 3.8) is 0 Å². The Morgan fingerprint density at radius 2 is 1.75 bits per heavy atom. The lowest BCUT2D eigenvalue weighted by atomic mass is 10.1. The third-order valence-corrected chi connectivity index (χ3v) is 4.51. The molecule has 9 heteroatoms. The molecule has 0 aliphatic carbocycles. The van der Waals surface area contributed by atoms with Gasteiger partial charge in [-0.15, -0.1) is 0 Å². The fourth-order valence-electron chi connectivity index (χ4n) is 2.43. The van der Waals surface area contributed by atoms with Crippen LogP contribution in [0.4, 0.5) is 0 Å². The van der Waals surface area contributed by atoms with E-state index in [9.17, 15) is 14.4 Å². The maximum absolute atomic E-state index is 12.1. The molecule has 1 saturated heterocycles. The summed E-state index contributed by atoms with van der Waals surface area (Å²) < 4.78 is 6.55. The second-order valence-electron chi connectivity index (χ2n) is 5.77. The zero-order chi connectivity index (χ0) is 20.3. The summed E-state index contributed by atoms with van der Waals surface area (Å²) in [7, 11) is 0. The zero-order valence-electron chi connectivity index (χ0n) is 14.2. The topological polar surface area (TPSA) is 105 Å². The second kappa shape index (κ2) is 8.32. The molecule has 7 nitrogen and oxygen atoms in total. The van der Waals surface area contributed by atoms with Gasteiger partial charge in [0.25, 0.3) is 11.8 Å². The van der Waals surface area contributed by atoms with Gasteiger partial charge in [0.2, 0.25) is 0 Å². The molecule has 0 atom stereocenters. The summed E-state index contributed by atoms with van der Waals surface area (Å²) in [5.41, 5.74) is 1.38. The fourth-order valence-corrected chi connectivity index (χ4v) is 2.99. The first-order valence-corrected chi connectivity index (χ1v) is 9.16. The first kappa shape index (κ1) is 19.7. The normalized spacial score (nSPS) is 13.6. The van der Waals surface area contributed by atoms with Crippen molar-refractivity contribution in [2.75, 3.05) is 0 Å². The summed E-state index contributed by atoms with van der Waals surface area (Å²) >= 11 is 8.14. The van der Waals surface area contributed by atoms with Crippen molar-refractivity contribution >= 4 is 57.1 Å². The van der Waals surface area contributed by atoms with E-state index >= 15 is 0 Å². The number of benzene rings is 2. The molecule has 0 aromatic heterocycles. The molecule has 0 radical (unpaired) electrons. The molecule has 0 unspecified atom stereocenters. The smallest absolute Gasteiger partial charge is 0.335 e. The van der Waals surface area contributed by atoms with Gasteiger partial charge in [-0.05, 0) is 54.2 Å². The predicted octanol–water partition coefficient (Wildman–Crippen LogP) is 2.64. The van der Waals surface area contributed by atoms with E-state index in [0.717, 1.165) is 10.0 Å². The Bertz CT molecular complexity index is 995. The number of aromatic carboxylic acids is 1. The van der Waals surface area contributed by atoms with Crippen LogP contribution < -0.4 is 15.4 Å². The quantitative estimate of drug-likeness (QED) is 0.359. The molecule has 3 N–H and O–H groups in total. The molecule has 3 rings (SSSR count). The predicted molar refractivity (Wildman–Crippen MR) is 109 cm³/mol. The fraction of sp³-hybridized carbons (Fsp3) is 0.0526. The van der Waals surface area contributed by atoms with Crippen molar-refractivity contribution in [3.05, 3.63) is 69.2 Å². The number of halogens is 1. The number of carbonyl (C=O) groups is 3. The van der Waals surface area contributed by atoms with E-state index in [1.807, 2.05) is 0 Å². The highest BCUT2D eigenvalue weighted by Gasteiger charge is 2.26. The van der Waals surface area contributed by atoms with E-state index < -0.39 is 17.8 Å². The molecular weight excluding hydrogens is 448 g/mol. The number of ether oxygens (including phenoxy) is 1. The molecule has 2 aromatic carbocycles. The summed E-state index contributed by atoms with van der Waals surface area (Å²) in [6.45, 7) is 0.181. The van der Waals surface area contributed by atoms with Gasteiger partial charge in [-0.1, -0.05) is 28.1 Å². The second-order valence-corrected chi connectivity index (χ2v) is 7.09. The minimum Gasteiger partial charge on any atom is -0.488 e. The Labute approximate surface area is 173 Å². The van der Waals surface area contributed by atoms with Gasteiger partial charge in [-0.2, -0.15) is 0 Å². The number of carboxylic acids is 1. The van der Waals surface area contributed by atoms with Crippen LogP contribution in [0.5, 0.6) is 5.75 Å². The lowest BCUT2D eigenvalue weighted by Gasteiger charge is -2.17. The van der Waals surface area contributed by atoms with E-state index in [0.29, 0.717) is 11.3 Å². The molecule has 2 aromatic rings. The van der Waals surface area contributed by atoms with E-state index in [2.05, 4.69) is 26.6 Å². The Hall–Kier alpha value is -3.04. The maximum Gasteiger partial charge on any atom is 0.335 e. The summed E-state index contributed by atoms with van der Waals surface area (Å²) in [5.74, 6) is -1.74. The van der Waals surface area contributed by atoms with Crippen LogP contribution in [0.2, 0.25) is 0 Å². The van der Waals surface area contributed by atoms with Crippen molar-refractivity contribution in [3.8, 4) is 5.75 Å². The minimum absolute atomic E-state index is 0.0392. The lowest BCUT2D eigenvalue weighted by Crippen LogP contribution is -2.51. The van der Waals surface area contributed by atoms with Crippen LogP contribution in [0, 0.1) is 0 Å². The number of nitrogens with one attached hydrogen (secondary N) is 2. The van der Waals surface area contributed by atoms with Gasteiger partial charge in [-0.3, -0.25) is 20.2 Å². The highest BCUT2D eigenvalue weighted by atomic mass is 79.9. The lowest BCUT2D eigenvalue weighted by molar-refractivity contribution is -0.123. The van der Waals surface area contributed by atoms with Crippen LogP contribution in [-0.4, -0.2) is 28.0 Å². The third kappa shape index (κ3) is 4.62. The molecule has 1 fully saturated rings. The minimum atomic E-state index is -1.00. The van der Waals surface area contributed by atoms with Crippen LogP contribution in [0.15, 0.2) is 52.5 Å². The van der Waals surface area contributed by atoms with Crippen LogP contribution in [0.3, 0.4) is 0 Å². The third-order valence-electron chi connectivity index (χ3n) is 3.81. The molecular formula is C19H13BrN2O5S. The van der Waals surface area contributed by atoms with Crippen LogP contribution in [0.1, 0.15) is 21.5 Å². The van der Waals surface area contributed by atoms with E-state index in [1.54, 1.807) is 30.3 Å². The number of rotatable bonds is 5. The molecule has 0 bridgehead atoms. The first-order chi connectivity index (χ1) is 13.3. The summed E-state index contributed by atoms with van der Waals surface area (Å²) in [5, 5.41) is 13.7. The van der Waals surface area contributed by atoms with Crippen molar-refractivity contribution < 1.29 is 24.2 Å². The standard InChI is InChI=1S/C19H13BrN2O5S/c20-13-5-6-15(27-9-10-1-3-11(4-2-10)18(25)26)12(7-13)8-14-16(23)21-19(28)22-17(14)24/h1-8H,9H2,(H,25,26)(H2,21,22,23,24,28). The van der Waals surface area contributed by atoms with Gasteiger partial charge in [-0.25, -0.2) is 4.79 Å². The summed E-state index contributed by atoms with van der Waals surface area (Å²) in [6, 6.07) is 11.5. The molecule has 142 valence electrons. The van der Waals surface area contributed by atoms with Gasteiger partial charge >= 0.3 is 5.97 Å². The van der Waals surface area contributed by atoms with E-state index in [1.165, 1.54) is 18.2 Å². The van der Waals surface area contributed by atoms with E-state index in [-0.39, 0.29) is 22.9 Å². The number of carboxylic acid groups (broad SMARTS) is 1. The summed E-state index contributed by atoms with van der Waals surface area (Å²) in [4.78, 5) is 35.0. The highest BCUT2D eigenvalue weighted by Crippen LogP contribution is 2.27.